The Morgan fingerprint density at radius 3 is 3.07 bits per heavy atom. The molecule has 0 amide bonds. The molecular formula is C10H13N3O2. The van der Waals surface area contributed by atoms with E-state index in [1.54, 1.807) is 0 Å². The summed E-state index contributed by atoms with van der Waals surface area (Å²) in [5.41, 5.74) is 9.14. The Morgan fingerprint density at radius 2 is 2.40 bits per heavy atom. The molecule has 0 fully saturated rings. The van der Waals surface area contributed by atoms with E-state index in [1.165, 1.54) is 0 Å². The Hall–Kier alpha value is -1.71. The van der Waals surface area contributed by atoms with Gasteiger partial charge in [0.1, 0.15) is 12.4 Å². The molecule has 0 bridgehead atoms. The highest BCUT2D eigenvalue weighted by atomic mass is 16.5. The zero-order valence-electron chi connectivity index (χ0n) is 8.50. The molecule has 0 spiro atoms. The van der Waals surface area contributed by atoms with Gasteiger partial charge in [-0.1, -0.05) is 17.2 Å². The monoisotopic (exact) mass is 207 g/mol. The van der Waals surface area contributed by atoms with Gasteiger partial charge in [0.05, 0.1) is 12.6 Å². The van der Waals surface area contributed by atoms with Crippen LogP contribution in [0.15, 0.2) is 29.4 Å². The average Bonchev–Trinajstić information content (AvgIpc) is 2.23. The van der Waals surface area contributed by atoms with Gasteiger partial charge in [-0.3, -0.25) is 0 Å². The Kier molecular flexibility index (Phi) is 4.47. The molecule has 0 saturated heterocycles. The largest absolute Gasteiger partial charge is 0.491 e. The van der Waals surface area contributed by atoms with Gasteiger partial charge in [0.15, 0.2) is 0 Å². The molecule has 0 aliphatic heterocycles. The van der Waals surface area contributed by atoms with Crippen molar-refractivity contribution in [2.24, 2.45) is 5.11 Å². The maximum Gasteiger partial charge on any atom is 0.119 e. The van der Waals surface area contributed by atoms with E-state index in [0.29, 0.717) is 5.75 Å². The zero-order chi connectivity index (χ0) is 11.1. The van der Waals surface area contributed by atoms with Crippen LogP contribution in [0.3, 0.4) is 0 Å². The first-order chi connectivity index (χ1) is 7.22. The number of aliphatic hydroxyl groups is 1. The summed E-state index contributed by atoms with van der Waals surface area (Å²) in [6.45, 7) is 2.12. The van der Waals surface area contributed by atoms with Crippen molar-refractivity contribution in [3.05, 3.63) is 40.3 Å². The molecule has 80 valence electrons. The molecule has 1 rings (SSSR count). The minimum absolute atomic E-state index is 0.0301. The lowest BCUT2D eigenvalue weighted by Crippen LogP contribution is -2.20. The van der Waals surface area contributed by atoms with Crippen LogP contribution in [-0.2, 0) is 0 Å². The third-order valence-electron chi connectivity index (χ3n) is 1.79. The van der Waals surface area contributed by atoms with Gasteiger partial charge in [0.25, 0.3) is 0 Å². The van der Waals surface area contributed by atoms with Crippen LogP contribution in [0, 0.1) is 6.92 Å². The predicted octanol–water partition coefficient (Wildman–Crippen LogP) is 2.05. The van der Waals surface area contributed by atoms with Crippen LogP contribution in [0.25, 0.3) is 10.4 Å². The molecule has 15 heavy (non-hydrogen) atoms. The number of aliphatic hydroxyl groups excluding tert-OH is 1. The quantitative estimate of drug-likeness (QED) is 0.455. The Morgan fingerprint density at radius 1 is 1.60 bits per heavy atom. The topological polar surface area (TPSA) is 78.2 Å². The lowest BCUT2D eigenvalue weighted by Gasteiger charge is -2.10. The summed E-state index contributed by atoms with van der Waals surface area (Å²) < 4.78 is 5.31. The number of azide groups is 1. The number of ether oxygens (including phenoxy) is 1. The van der Waals surface area contributed by atoms with Crippen LogP contribution in [0.4, 0.5) is 0 Å². The summed E-state index contributed by atoms with van der Waals surface area (Å²) in [4.78, 5) is 2.55. The van der Waals surface area contributed by atoms with Crippen LogP contribution < -0.4 is 4.74 Å². The SMILES string of the molecule is Cc1cccc(OC[C@@H](O)CN=[N+]=[N-])c1. The normalized spacial score (nSPS) is 11.6. The lowest BCUT2D eigenvalue weighted by molar-refractivity contribution is 0.114. The van der Waals surface area contributed by atoms with Crippen molar-refractivity contribution in [2.75, 3.05) is 13.2 Å². The van der Waals surface area contributed by atoms with Crippen LogP contribution in [0.5, 0.6) is 5.75 Å². The van der Waals surface area contributed by atoms with Gasteiger partial charge in [0, 0.05) is 4.91 Å². The zero-order valence-corrected chi connectivity index (χ0v) is 8.50. The van der Waals surface area contributed by atoms with Crippen LogP contribution in [0.1, 0.15) is 5.56 Å². The van der Waals surface area contributed by atoms with E-state index in [-0.39, 0.29) is 13.2 Å². The van der Waals surface area contributed by atoms with E-state index in [4.69, 9.17) is 10.3 Å². The smallest absolute Gasteiger partial charge is 0.119 e. The maximum atomic E-state index is 9.32. The van der Waals surface area contributed by atoms with Gasteiger partial charge in [0.2, 0.25) is 0 Å². The Balaban J connectivity index is 2.39. The highest BCUT2D eigenvalue weighted by Crippen LogP contribution is 2.12. The summed E-state index contributed by atoms with van der Waals surface area (Å²) >= 11 is 0. The van der Waals surface area contributed by atoms with Crippen molar-refractivity contribution in [1.82, 2.24) is 0 Å². The van der Waals surface area contributed by atoms with Crippen molar-refractivity contribution < 1.29 is 9.84 Å². The molecule has 0 aromatic heterocycles. The highest BCUT2D eigenvalue weighted by molar-refractivity contribution is 5.27. The van der Waals surface area contributed by atoms with Crippen molar-refractivity contribution in [2.45, 2.75) is 13.0 Å². The molecule has 1 aromatic carbocycles. The third-order valence-corrected chi connectivity index (χ3v) is 1.79. The maximum absolute atomic E-state index is 9.32. The molecular weight excluding hydrogens is 194 g/mol. The molecule has 1 aromatic rings. The molecule has 1 N–H and O–H groups in total. The number of hydrogen-bond acceptors (Lipinski definition) is 3. The van der Waals surface area contributed by atoms with Gasteiger partial charge in [-0.15, -0.1) is 0 Å². The van der Waals surface area contributed by atoms with Crippen molar-refractivity contribution in [3.63, 3.8) is 0 Å². The Bertz CT molecular complexity index is 361. The molecule has 0 aliphatic rings. The minimum atomic E-state index is -0.763. The van der Waals surface area contributed by atoms with Gasteiger partial charge in [-0.2, -0.15) is 0 Å². The van der Waals surface area contributed by atoms with E-state index in [2.05, 4.69) is 10.0 Å². The molecule has 0 saturated carbocycles. The van der Waals surface area contributed by atoms with Crippen LogP contribution in [-0.4, -0.2) is 24.4 Å². The number of rotatable bonds is 5. The minimum Gasteiger partial charge on any atom is -0.491 e. The standard InChI is InChI=1S/C10H13N3O2/c1-8-3-2-4-10(5-8)15-7-9(14)6-12-13-11/h2-5,9,14H,6-7H2,1H3/t9-/m0/s1. The molecule has 1 atom stereocenters. The Labute approximate surface area is 87.9 Å². The lowest BCUT2D eigenvalue weighted by atomic mass is 10.2. The summed E-state index contributed by atoms with van der Waals surface area (Å²) in [6, 6.07) is 7.53. The number of benzene rings is 1. The fraction of sp³-hybridized carbons (Fsp3) is 0.400. The molecule has 0 aliphatic carbocycles. The van der Waals surface area contributed by atoms with Gasteiger partial charge in [-0.05, 0) is 30.2 Å². The summed E-state index contributed by atoms with van der Waals surface area (Å²) in [5, 5.41) is 12.6. The molecule has 0 heterocycles. The van der Waals surface area contributed by atoms with Gasteiger partial charge in [-0.25, -0.2) is 0 Å². The number of nitrogens with zero attached hydrogens (tertiary/aromatic N) is 3. The van der Waals surface area contributed by atoms with E-state index in [1.807, 2.05) is 31.2 Å². The van der Waals surface area contributed by atoms with Crippen LogP contribution in [0.2, 0.25) is 0 Å². The van der Waals surface area contributed by atoms with E-state index < -0.39 is 6.10 Å². The van der Waals surface area contributed by atoms with Gasteiger partial charge >= 0.3 is 0 Å². The van der Waals surface area contributed by atoms with E-state index in [9.17, 15) is 5.11 Å². The number of aryl methyl sites for hydroxylation is 1. The molecule has 0 unspecified atom stereocenters. The van der Waals surface area contributed by atoms with Crippen molar-refractivity contribution >= 4 is 0 Å². The molecule has 5 nitrogen and oxygen atoms in total. The fourth-order valence-corrected chi connectivity index (χ4v) is 1.08. The summed E-state index contributed by atoms with van der Waals surface area (Å²) in [5.74, 6) is 0.704. The average molecular weight is 207 g/mol. The van der Waals surface area contributed by atoms with E-state index >= 15 is 0 Å². The van der Waals surface area contributed by atoms with Crippen LogP contribution >= 0.6 is 0 Å². The van der Waals surface area contributed by atoms with Gasteiger partial charge < -0.3 is 9.84 Å². The first-order valence-corrected chi connectivity index (χ1v) is 4.61. The summed E-state index contributed by atoms with van der Waals surface area (Å²) in [7, 11) is 0. The predicted molar refractivity (Wildman–Crippen MR) is 56.7 cm³/mol. The first-order valence-electron chi connectivity index (χ1n) is 4.61. The third kappa shape index (κ3) is 4.35. The molecule has 5 heteroatoms. The number of hydrogen-bond donors (Lipinski definition) is 1. The van der Waals surface area contributed by atoms with Crippen molar-refractivity contribution in [3.8, 4) is 5.75 Å². The summed E-state index contributed by atoms with van der Waals surface area (Å²) in [6.07, 6.45) is -0.763. The second kappa shape index (κ2) is 5.90. The highest BCUT2D eigenvalue weighted by Gasteiger charge is 2.03. The second-order valence-electron chi connectivity index (χ2n) is 3.19. The van der Waals surface area contributed by atoms with E-state index in [0.717, 1.165) is 5.56 Å². The first kappa shape index (κ1) is 11.4. The second-order valence-corrected chi connectivity index (χ2v) is 3.19. The fourth-order valence-electron chi connectivity index (χ4n) is 1.08. The van der Waals surface area contributed by atoms with Crippen molar-refractivity contribution in [1.29, 1.82) is 0 Å². The molecule has 0 radical (unpaired) electrons.